The van der Waals surface area contributed by atoms with E-state index in [9.17, 15) is 61.9 Å². The molecule has 15 heteroatoms. The Morgan fingerprint density at radius 2 is 0.818 bits per heavy atom. The first-order valence-electron chi connectivity index (χ1n) is 4.38. The van der Waals surface area contributed by atoms with E-state index in [-0.39, 0.29) is 0 Å². The van der Waals surface area contributed by atoms with E-state index < -0.39 is 41.8 Å². The predicted octanol–water partition coefficient (Wildman–Crippen LogP) is 3.81. The number of hydrogen-bond donors (Lipinski definition) is 1. The van der Waals surface area contributed by atoms with Gasteiger partial charge in [-0.2, -0.15) is 57.1 Å². The minimum absolute atomic E-state index is 4.15. The number of carboxylic acids is 1. The van der Waals surface area contributed by atoms with Gasteiger partial charge in [0.1, 0.15) is 0 Å². The fourth-order valence-corrected chi connectivity index (χ4v) is 0.904. The average molecular weight is 368 g/mol. The zero-order valence-corrected chi connectivity index (χ0v) is 9.27. The molecule has 0 fully saturated rings. The molecule has 0 heterocycles. The second-order valence-electron chi connectivity index (χ2n) is 3.67. The molecule has 0 bridgehead atoms. The van der Waals surface area contributed by atoms with Gasteiger partial charge in [-0.1, -0.05) is 0 Å². The molecule has 0 rings (SSSR count). The summed E-state index contributed by atoms with van der Waals surface area (Å²) in [6.07, 6.45) is -7.52. The molecule has 0 aromatic heterocycles. The normalized spacial score (nSPS) is 15.9. The summed E-state index contributed by atoms with van der Waals surface area (Å²) in [5.74, 6) is -43.0. The van der Waals surface area contributed by atoms with Crippen molar-refractivity contribution >= 4 is 5.97 Å². The van der Waals surface area contributed by atoms with Crippen LogP contribution in [0, 0.1) is 0 Å². The molecule has 0 unspecified atom stereocenters. The molecule has 0 aliphatic heterocycles. The highest BCUT2D eigenvalue weighted by Crippen LogP contribution is 2.60. The van der Waals surface area contributed by atoms with Crippen LogP contribution in [0.3, 0.4) is 0 Å². The van der Waals surface area contributed by atoms with Gasteiger partial charge in [-0.25, -0.2) is 4.79 Å². The van der Waals surface area contributed by atoms with Crippen molar-refractivity contribution in [2.45, 2.75) is 35.8 Å². The molecule has 0 aromatic carbocycles. The average Bonchev–Trinajstić information content (AvgIpc) is 2.25. The largest absolute Gasteiger partial charge is 0.477 e. The smallest absolute Gasteiger partial charge is 0.460 e. The van der Waals surface area contributed by atoms with E-state index in [4.69, 9.17) is 5.11 Å². The highest BCUT2D eigenvalue weighted by molar-refractivity contribution is 5.77. The number of alkyl halides is 13. The van der Waals surface area contributed by atoms with Crippen LogP contribution >= 0.6 is 0 Å². The lowest BCUT2D eigenvalue weighted by molar-refractivity contribution is -0.436. The molecular formula is C7HF13O2. The summed E-state index contributed by atoms with van der Waals surface area (Å²) in [6, 6.07) is 0. The molecule has 0 saturated heterocycles. The number of rotatable bonds is 5. The third-order valence-corrected chi connectivity index (χ3v) is 2.20. The van der Waals surface area contributed by atoms with E-state index in [1.165, 1.54) is 0 Å². The molecular weight excluding hydrogens is 367 g/mol. The minimum atomic E-state index is -8.08. The fraction of sp³-hybridized carbons (Fsp3) is 0.857. The maximum absolute atomic E-state index is 12.6. The van der Waals surface area contributed by atoms with Crippen LogP contribution in [0.5, 0.6) is 0 Å². The summed E-state index contributed by atoms with van der Waals surface area (Å²) in [4.78, 5) is 9.67. The number of hydrogen-bond acceptors (Lipinski definition) is 1. The summed E-state index contributed by atoms with van der Waals surface area (Å²) in [5.41, 5.74) is 0. The number of carbonyl (C=O) groups is 1. The molecule has 0 atom stereocenters. The van der Waals surface area contributed by atoms with Crippen LogP contribution in [0.15, 0.2) is 0 Å². The summed E-state index contributed by atoms with van der Waals surface area (Å²) in [5, 5.41) is 7.55. The van der Waals surface area contributed by atoms with Crippen molar-refractivity contribution < 1.29 is 67.0 Å². The molecule has 0 aliphatic rings. The molecule has 132 valence electrons. The van der Waals surface area contributed by atoms with Gasteiger partial charge in [0, 0.05) is 0 Å². The van der Waals surface area contributed by atoms with E-state index in [1.807, 2.05) is 0 Å². The van der Waals surface area contributed by atoms with Crippen LogP contribution in [0.1, 0.15) is 0 Å². The number of halogens is 13. The van der Waals surface area contributed by atoms with E-state index >= 15 is 0 Å². The number of aliphatic carboxylic acids is 1. The summed E-state index contributed by atoms with van der Waals surface area (Å²) in [7, 11) is 0. The van der Waals surface area contributed by atoms with Gasteiger partial charge in [-0.3, -0.25) is 0 Å². The van der Waals surface area contributed by atoms with Crippen molar-refractivity contribution in [1.29, 1.82) is 0 Å². The Bertz CT molecular complexity index is 448. The monoisotopic (exact) mass is 368 g/mol. The Morgan fingerprint density at radius 1 is 0.545 bits per heavy atom. The highest BCUT2D eigenvalue weighted by atomic mass is 19.4. The van der Waals surface area contributed by atoms with Crippen molar-refractivity contribution in [2.24, 2.45) is 0 Å². The van der Waals surface area contributed by atoms with Gasteiger partial charge in [0.25, 0.3) is 0 Å². The molecule has 1 N–H and O–H groups in total. The zero-order valence-electron chi connectivity index (χ0n) is 9.27. The van der Waals surface area contributed by atoms with Gasteiger partial charge < -0.3 is 5.11 Å². The van der Waals surface area contributed by atoms with Crippen molar-refractivity contribution in [3.8, 4) is 0 Å². The molecule has 22 heavy (non-hydrogen) atoms. The molecule has 0 aromatic rings. The van der Waals surface area contributed by atoms with Crippen LogP contribution < -0.4 is 0 Å². The first-order chi connectivity index (χ1) is 9.19. The first-order valence-corrected chi connectivity index (χ1v) is 4.38. The van der Waals surface area contributed by atoms with Gasteiger partial charge in [0.2, 0.25) is 0 Å². The van der Waals surface area contributed by atoms with Gasteiger partial charge >= 0.3 is 41.8 Å². The fourth-order valence-electron chi connectivity index (χ4n) is 0.904. The van der Waals surface area contributed by atoms with Crippen LogP contribution in [0.4, 0.5) is 57.1 Å². The van der Waals surface area contributed by atoms with Crippen LogP contribution in [-0.2, 0) is 4.79 Å². The molecule has 0 amide bonds. The Hall–Kier alpha value is -1.44. The van der Waals surface area contributed by atoms with Crippen molar-refractivity contribution in [1.82, 2.24) is 0 Å². The SMILES string of the molecule is O=[13C](O)[13C](F)(F)[13C](F)(F)[13C](F)(F)C(F)(F)C(F)(F)C(F)(F)F. The quantitative estimate of drug-likeness (QED) is 0.592. The third-order valence-electron chi connectivity index (χ3n) is 2.20. The lowest BCUT2D eigenvalue weighted by atomic mass is 10.2. The second kappa shape index (κ2) is 4.78. The van der Waals surface area contributed by atoms with Crippen molar-refractivity contribution in [2.75, 3.05) is 0 Å². The summed E-state index contributed by atoms with van der Waals surface area (Å²) in [6.45, 7) is 0. The lowest BCUT2D eigenvalue weighted by Gasteiger charge is -2.38. The topological polar surface area (TPSA) is 37.3 Å². The Kier molecular flexibility index (Phi) is 4.46. The second-order valence-corrected chi connectivity index (χ2v) is 3.67. The Morgan fingerprint density at radius 3 is 1.05 bits per heavy atom. The zero-order chi connectivity index (χ0) is 18.6. The van der Waals surface area contributed by atoms with E-state index in [0.717, 1.165) is 0 Å². The highest BCUT2D eigenvalue weighted by Gasteiger charge is 2.91. The van der Waals surface area contributed by atoms with Crippen molar-refractivity contribution in [3.05, 3.63) is 0 Å². The van der Waals surface area contributed by atoms with E-state index in [2.05, 4.69) is 0 Å². The first kappa shape index (κ1) is 20.6. The van der Waals surface area contributed by atoms with Gasteiger partial charge in [-0.15, -0.1) is 0 Å². The Balaban J connectivity index is 6.29. The molecule has 0 radical (unpaired) electrons. The van der Waals surface area contributed by atoms with Gasteiger partial charge in [0.05, 0.1) is 0 Å². The summed E-state index contributed by atoms with van der Waals surface area (Å²) < 4.78 is 159. The summed E-state index contributed by atoms with van der Waals surface area (Å²) >= 11 is 0. The van der Waals surface area contributed by atoms with Gasteiger partial charge in [-0.05, 0) is 0 Å². The lowest BCUT2D eigenvalue weighted by Crippen LogP contribution is -2.71. The molecule has 0 spiro atoms. The number of carboxylic acid groups (broad SMARTS) is 1. The van der Waals surface area contributed by atoms with Crippen LogP contribution in [0.2, 0.25) is 0 Å². The van der Waals surface area contributed by atoms with Crippen LogP contribution in [0.25, 0.3) is 0 Å². The maximum atomic E-state index is 12.6. The standard InChI is InChI=1S/C7HF13O2/c8-2(9,1(21)22)3(10,11)4(12,13)5(14,15)6(16,17)7(18,19)20/h(H,21,22)/i1+1,2+1,3+1,4+1. The van der Waals surface area contributed by atoms with E-state index in [1.54, 1.807) is 0 Å². The Labute approximate surface area is 110 Å². The van der Waals surface area contributed by atoms with Crippen molar-refractivity contribution in [3.63, 3.8) is 0 Å². The van der Waals surface area contributed by atoms with E-state index in [0.29, 0.717) is 0 Å². The third kappa shape index (κ3) is 2.33. The predicted molar refractivity (Wildman–Crippen MR) is 38.4 cm³/mol. The maximum Gasteiger partial charge on any atom is 0.460 e. The molecule has 2 nitrogen and oxygen atoms in total. The molecule has 0 aliphatic carbocycles. The van der Waals surface area contributed by atoms with Crippen LogP contribution in [-0.4, -0.2) is 46.9 Å². The molecule has 0 saturated carbocycles. The van der Waals surface area contributed by atoms with Gasteiger partial charge in [0.15, 0.2) is 0 Å². The minimum Gasteiger partial charge on any atom is -0.477 e.